The molecule has 0 N–H and O–H groups in total. The zero-order chi connectivity index (χ0) is 21.7. The smallest absolute Gasteiger partial charge is 0.209 e. The fourth-order valence-electron chi connectivity index (χ4n) is 5.34. The number of hydrogen-bond acceptors (Lipinski definition) is 1. The second kappa shape index (κ2) is 7.27. The molecule has 0 fully saturated rings. The second-order valence-electron chi connectivity index (χ2n) is 9.79. The Kier molecular flexibility index (Phi) is 5.00. The zero-order valence-electron chi connectivity index (χ0n) is 19.5. The summed E-state index contributed by atoms with van der Waals surface area (Å²) in [7, 11) is 0. The van der Waals surface area contributed by atoms with Gasteiger partial charge in [0, 0.05) is 40.5 Å². The highest BCUT2D eigenvalue weighted by Crippen LogP contribution is 2.48. The lowest BCUT2D eigenvalue weighted by atomic mass is 9.81. The molecule has 156 valence electrons. The first-order valence-electron chi connectivity index (χ1n) is 11.2. The summed E-state index contributed by atoms with van der Waals surface area (Å²) in [5, 5.41) is 0. The molecule has 0 spiro atoms. The highest BCUT2D eigenvalue weighted by Gasteiger charge is 2.44. The van der Waals surface area contributed by atoms with Crippen molar-refractivity contribution in [3.8, 4) is 0 Å². The van der Waals surface area contributed by atoms with Crippen LogP contribution >= 0.6 is 0 Å². The standard InChI is InChI=1S/C28H35N2/c1-8-29-23-16-11-9-14-21(23)27(4,5)25(29)18-13-19-26-28(6,7)22-15-10-12-17-24(22)30(26)20(2)3/h9-20H,8H2,1-7H3/q+1. The van der Waals surface area contributed by atoms with Crippen LogP contribution in [0, 0.1) is 0 Å². The summed E-state index contributed by atoms with van der Waals surface area (Å²) in [4.78, 5) is 2.50. The summed E-state index contributed by atoms with van der Waals surface area (Å²) in [6.07, 6.45) is 6.93. The molecule has 4 rings (SSSR count). The molecule has 0 bridgehead atoms. The summed E-state index contributed by atoms with van der Waals surface area (Å²) in [5.74, 6) is 0. The second-order valence-corrected chi connectivity index (χ2v) is 9.79. The third kappa shape index (κ3) is 2.96. The lowest BCUT2D eigenvalue weighted by molar-refractivity contribution is -0.433. The van der Waals surface area contributed by atoms with Crippen molar-refractivity contribution in [3.63, 3.8) is 0 Å². The molecule has 2 aromatic rings. The van der Waals surface area contributed by atoms with Crippen molar-refractivity contribution in [1.29, 1.82) is 0 Å². The third-order valence-corrected chi connectivity index (χ3v) is 6.88. The van der Waals surface area contributed by atoms with Crippen molar-refractivity contribution in [2.75, 3.05) is 11.4 Å². The topological polar surface area (TPSA) is 6.25 Å². The Bertz CT molecular complexity index is 1060. The van der Waals surface area contributed by atoms with Gasteiger partial charge in [0.2, 0.25) is 5.69 Å². The van der Waals surface area contributed by atoms with Gasteiger partial charge in [0.15, 0.2) is 5.71 Å². The van der Waals surface area contributed by atoms with E-state index in [1.54, 1.807) is 0 Å². The molecular weight excluding hydrogens is 364 g/mol. The van der Waals surface area contributed by atoms with Gasteiger partial charge in [0.25, 0.3) is 0 Å². The molecule has 0 unspecified atom stereocenters. The Morgan fingerprint density at radius 3 is 2.20 bits per heavy atom. The molecule has 0 radical (unpaired) electrons. The van der Waals surface area contributed by atoms with Gasteiger partial charge in [-0.1, -0.05) is 56.3 Å². The molecule has 0 aromatic heterocycles. The maximum atomic E-state index is 2.50. The van der Waals surface area contributed by atoms with Crippen LogP contribution in [0.4, 0.5) is 11.4 Å². The highest BCUT2D eigenvalue weighted by molar-refractivity contribution is 6.03. The van der Waals surface area contributed by atoms with Crippen LogP contribution in [-0.4, -0.2) is 22.9 Å². The van der Waals surface area contributed by atoms with Crippen LogP contribution in [0.3, 0.4) is 0 Å². The van der Waals surface area contributed by atoms with Gasteiger partial charge in [-0.15, -0.1) is 0 Å². The van der Waals surface area contributed by atoms with Crippen molar-refractivity contribution in [1.82, 2.24) is 0 Å². The lowest BCUT2D eigenvalue weighted by Crippen LogP contribution is -2.31. The minimum Gasteiger partial charge on any atom is -0.341 e. The average Bonchev–Trinajstić information content (AvgIpc) is 3.07. The maximum Gasteiger partial charge on any atom is 0.209 e. The molecule has 0 saturated carbocycles. The molecule has 2 aromatic carbocycles. The van der Waals surface area contributed by atoms with E-state index >= 15 is 0 Å². The Labute approximate surface area is 182 Å². The largest absolute Gasteiger partial charge is 0.341 e. The molecular formula is C28H35N2+. The van der Waals surface area contributed by atoms with Gasteiger partial charge in [-0.25, -0.2) is 0 Å². The van der Waals surface area contributed by atoms with Crippen molar-refractivity contribution >= 4 is 17.1 Å². The van der Waals surface area contributed by atoms with E-state index in [0.29, 0.717) is 6.04 Å². The normalized spacial score (nSPS) is 20.5. The predicted molar refractivity (Wildman–Crippen MR) is 129 cm³/mol. The van der Waals surface area contributed by atoms with Crippen molar-refractivity contribution in [2.45, 2.75) is 65.3 Å². The van der Waals surface area contributed by atoms with E-state index in [4.69, 9.17) is 0 Å². The Balaban J connectivity index is 1.77. The first-order valence-corrected chi connectivity index (χ1v) is 11.2. The Morgan fingerprint density at radius 2 is 1.53 bits per heavy atom. The van der Waals surface area contributed by atoms with Gasteiger partial charge in [-0.05, 0) is 52.3 Å². The van der Waals surface area contributed by atoms with Crippen LogP contribution in [0.25, 0.3) is 0 Å². The number of anilines is 1. The fraction of sp³-hybridized carbons (Fsp3) is 0.393. The van der Waals surface area contributed by atoms with Crippen LogP contribution in [0.1, 0.15) is 59.6 Å². The number of allylic oxidation sites excluding steroid dienone is 4. The number of rotatable bonds is 4. The van der Waals surface area contributed by atoms with Crippen LogP contribution in [0.15, 0.2) is 72.5 Å². The molecule has 0 aliphatic carbocycles. The summed E-state index contributed by atoms with van der Waals surface area (Å²) in [5.41, 5.74) is 8.25. The van der Waals surface area contributed by atoms with E-state index in [1.165, 1.54) is 33.9 Å². The maximum absolute atomic E-state index is 2.50. The molecule has 2 aliphatic heterocycles. The summed E-state index contributed by atoms with van der Waals surface area (Å²) in [6, 6.07) is 18.1. The fourth-order valence-corrected chi connectivity index (χ4v) is 5.34. The van der Waals surface area contributed by atoms with E-state index in [1.807, 2.05) is 0 Å². The van der Waals surface area contributed by atoms with E-state index in [9.17, 15) is 0 Å². The van der Waals surface area contributed by atoms with E-state index < -0.39 is 0 Å². The van der Waals surface area contributed by atoms with Gasteiger partial charge in [-0.2, -0.15) is 4.58 Å². The van der Waals surface area contributed by atoms with Gasteiger partial charge in [0.05, 0.1) is 5.41 Å². The van der Waals surface area contributed by atoms with Crippen molar-refractivity contribution in [2.24, 2.45) is 0 Å². The third-order valence-electron chi connectivity index (χ3n) is 6.88. The SMILES string of the molecule is CC[N+]1=C(/C=C/C=C2/N(C(C)C)c3ccccc3C2(C)C)C(C)(C)c2ccccc21. The molecule has 0 atom stereocenters. The Morgan fingerprint density at radius 1 is 0.900 bits per heavy atom. The molecule has 0 amide bonds. The molecule has 2 nitrogen and oxygen atoms in total. The van der Waals surface area contributed by atoms with Crippen LogP contribution in [0.2, 0.25) is 0 Å². The number of benzene rings is 2. The van der Waals surface area contributed by atoms with Crippen molar-refractivity contribution in [3.05, 3.63) is 83.6 Å². The van der Waals surface area contributed by atoms with Gasteiger partial charge >= 0.3 is 0 Å². The van der Waals surface area contributed by atoms with Gasteiger partial charge in [-0.3, -0.25) is 0 Å². The molecule has 2 heteroatoms. The molecule has 2 aliphatic rings. The number of fused-ring (bicyclic) bond motifs is 2. The Hall–Kier alpha value is -2.61. The summed E-state index contributed by atoms with van der Waals surface area (Å²) in [6.45, 7) is 17.1. The minimum atomic E-state index is -0.00549. The first kappa shape index (κ1) is 20.7. The monoisotopic (exact) mass is 399 g/mol. The van der Waals surface area contributed by atoms with E-state index in [0.717, 1.165) is 6.54 Å². The zero-order valence-corrected chi connectivity index (χ0v) is 19.5. The molecule has 2 heterocycles. The molecule has 0 saturated heterocycles. The number of para-hydroxylation sites is 2. The lowest BCUT2D eigenvalue weighted by Gasteiger charge is -2.30. The first-order chi connectivity index (χ1) is 14.2. The van der Waals surface area contributed by atoms with E-state index in [-0.39, 0.29) is 10.8 Å². The van der Waals surface area contributed by atoms with Gasteiger partial charge in [0.1, 0.15) is 6.54 Å². The van der Waals surface area contributed by atoms with Gasteiger partial charge < -0.3 is 4.90 Å². The predicted octanol–water partition coefficient (Wildman–Crippen LogP) is 6.73. The number of nitrogens with zero attached hydrogens (tertiary/aromatic N) is 2. The quantitative estimate of drug-likeness (QED) is 0.517. The van der Waals surface area contributed by atoms with E-state index in [2.05, 4.69) is 125 Å². The van der Waals surface area contributed by atoms with Crippen LogP contribution < -0.4 is 4.90 Å². The van der Waals surface area contributed by atoms with Crippen LogP contribution in [0.5, 0.6) is 0 Å². The summed E-state index contributed by atoms with van der Waals surface area (Å²) < 4.78 is 2.46. The van der Waals surface area contributed by atoms with Crippen molar-refractivity contribution < 1.29 is 4.58 Å². The van der Waals surface area contributed by atoms with Crippen LogP contribution in [-0.2, 0) is 10.8 Å². The highest BCUT2D eigenvalue weighted by atomic mass is 15.2. The summed E-state index contributed by atoms with van der Waals surface area (Å²) >= 11 is 0. The minimum absolute atomic E-state index is 0.00549. The average molecular weight is 400 g/mol. The molecule has 30 heavy (non-hydrogen) atoms. The number of hydrogen-bond donors (Lipinski definition) is 0.